The lowest BCUT2D eigenvalue weighted by molar-refractivity contribution is 0.0639. The molecule has 1 aromatic heterocycles. The minimum atomic E-state index is -0.188. The van der Waals surface area contributed by atoms with Gasteiger partial charge in [0.2, 0.25) is 0 Å². The molecule has 4 nitrogen and oxygen atoms in total. The summed E-state index contributed by atoms with van der Waals surface area (Å²) in [6.07, 6.45) is 3.34. The molecule has 0 aliphatic heterocycles. The Balaban J connectivity index is 2.12. The largest absolute Gasteiger partial charge is 0.364 e. The summed E-state index contributed by atoms with van der Waals surface area (Å²) < 4.78 is 5.94. The Hall–Kier alpha value is -1.36. The van der Waals surface area contributed by atoms with E-state index in [1.807, 2.05) is 38.4 Å². The topological polar surface area (TPSA) is 41.1 Å². The number of aromatic nitrogens is 2. The quantitative estimate of drug-likeness (QED) is 0.884. The number of imidazole rings is 1. The van der Waals surface area contributed by atoms with Crippen LogP contribution in [0.3, 0.4) is 0 Å². The van der Waals surface area contributed by atoms with Crippen molar-refractivity contribution < 1.29 is 4.74 Å². The van der Waals surface area contributed by atoms with E-state index >= 15 is 0 Å². The van der Waals surface area contributed by atoms with Crippen molar-refractivity contribution in [3.05, 3.63) is 53.1 Å². The molecule has 0 saturated carbocycles. The van der Waals surface area contributed by atoms with Crippen molar-refractivity contribution in [3.63, 3.8) is 0 Å². The zero-order chi connectivity index (χ0) is 13.7. The van der Waals surface area contributed by atoms with Crippen molar-refractivity contribution in [1.82, 2.24) is 14.9 Å². The molecule has 0 fully saturated rings. The molecule has 2 rings (SSSR count). The second-order valence-electron chi connectivity index (χ2n) is 4.58. The average molecular weight is 280 g/mol. The lowest BCUT2D eigenvalue weighted by Gasteiger charge is -2.18. The van der Waals surface area contributed by atoms with Crippen LogP contribution in [-0.4, -0.2) is 42.1 Å². The summed E-state index contributed by atoms with van der Waals surface area (Å²) in [5, 5.41) is 0.718. The van der Waals surface area contributed by atoms with Gasteiger partial charge in [0.1, 0.15) is 11.9 Å². The van der Waals surface area contributed by atoms with E-state index in [1.54, 1.807) is 12.4 Å². The van der Waals surface area contributed by atoms with Crippen molar-refractivity contribution >= 4 is 11.6 Å². The number of benzene rings is 1. The SMILES string of the molecule is CN(C)CCOC(c1ccc(Cl)cc1)c1ncc[nH]1. The van der Waals surface area contributed by atoms with Gasteiger partial charge in [0.05, 0.1) is 6.61 Å². The van der Waals surface area contributed by atoms with Crippen molar-refractivity contribution in [2.75, 3.05) is 27.2 Å². The van der Waals surface area contributed by atoms with Gasteiger partial charge >= 0.3 is 0 Å². The Morgan fingerprint density at radius 1 is 1.32 bits per heavy atom. The predicted octanol–water partition coefficient (Wildman–Crippen LogP) is 2.73. The van der Waals surface area contributed by atoms with Gasteiger partial charge in [0, 0.05) is 24.0 Å². The standard InChI is InChI=1S/C14H18ClN3O/c1-18(2)9-10-19-13(14-16-7-8-17-14)11-3-5-12(15)6-4-11/h3-8,13H,9-10H2,1-2H3,(H,16,17). The molecule has 1 N–H and O–H groups in total. The third kappa shape index (κ3) is 4.06. The third-order valence-corrected chi connectivity index (χ3v) is 3.02. The van der Waals surface area contributed by atoms with Crippen LogP contribution in [0.15, 0.2) is 36.7 Å². The minimum Gasteiger partial charge on any atom is -0.364 e. The molecule has 0 saturated heterocycles. The Kier molecular flexibility index (Phi) is 4.96. The first-order chi connectivity index (χ1) is 9.16. The molecule has 0 bridgehead atoms. The van der Waals surface area contributed by atoms with Gasteiger partial charge in [-0.3, -0.25) is 0 Å². The van der Waals surface area contributed by atoms with Crippen LogP contribution in [0.4, 0.5) is 0 Å². The first-order valence-electron chi connectivity index (χ1n) is 6.18. The number of halogens is 1. The van der Waals surface area contributed by atoms with Crippen LogP contribution >= 0.6 is 11.6 Å². The van der Waals surface area contributed by atoms with Crippen molar-refractivity contribution in [2.24, 2.45) is 0 Å². The van der Waals surface area contributed by atoms with Crippen LogP contribution in [0.1, 0.15) is 17.5 Å². The second-order valence-corrected chi connectivity index (χ2v) is 5.02. The molecule has 5 heteroatoms. The highest BCUT2D eigenvalue weighted by atomic mass is 35.5. The molecule has 1 atom stereocenters. The fraction of sp³-hybridized carbons (Fsp3) is 0.357. The molecule has 0 radical (unpaired) electrons. The van der Waals surface area contributed by atoms with Gasteiger partial charge in [-0.25, -0.2) is 4.98 Å². The molecule has 0 amide bonds. The van der Waals surface area contributed by atoms with Crippen LogP contribution < -0.4 is 0 Å². The maximum atomic E-state index is 5.94. The van der Waals surface area contributed by atoms with E-state index in [0.29, 0.717) is 6.61 Å². The van der Waals surface area contributed by atoms with Crippen molar-refractivity contribution in [1.29, 1.82) is 0 Å². The summed E-state index contributed by atoms with van der Waals surface area (Å²) in [4.78, 5) is 9.48. The van der Waals surface area contributed by atoms with E-state index in [1.165, 1.54) is 0 Å². The van der Waals surface area contributed by atoms with E-state index in [-0.39, 0.29) is 6.10 Å². The highest BCUT2D eigenvalue weighted by Gasteiger charge is 2.17. The molecule has 0 spiro atoms. The summed E-state index contributed by atoms with van der Waals surface area (Å²) in [6, 6.07) is 7.65. The van der Waals surface area contributed by atoms with Gasteiger partial charge in [-0.05, 0) is 31.8 Å². The molecule has 1 heterocycles. The highest BCUT2D eigenvalue weighted by Crippen LogP contribution is 2.24. The van der Waals surface area contributed by atoms with Gasteiger partial charge < -0.3 is 14.6 Å². The van der Waals surface area contributed by atoms with Gasteiger partial charge in [0.15, 0.2) is 0 Å². The van der Waals surface area contributed by atoms with E-state index in [4.69, 9.17) is 16.3 Å². The molecule has 102 valence electrons. The van der Waals surface area contributed by atoms with Crippen LogP contribution in [0.5, 0.6) is 0 Å². The second kappa shape index (κ2) is 6.70. The maximum Gasteiger partial charge on any atom is 0.140 e. The molecule has 19 heavy (non-hydrogen) atoms. The zero-order valence-corrected chi connectivity index (χ0v) is 11.9. The summed E-state index contributed by atoms with van der Waals surface area (Å²) in [7, 11) is 4.04. The van der Waals surface area contributed by atoms with Crippen LogP contribution in [0.2, 0.25) is 5.02 Å². The predicted molar refractivity (Wildman–Crippen MR) is 76.4 cm³/mol. The molecular formula is C14H18ClN3O. The molecule has 2 aromatic rings. The summed E-state index contributed by atoms with van der Waals surface area (Å²) >= 11 is 5.92. The number of rotatable bonds is 6. The van der Waals surface area contributed by atoms with Crippen LogP contribution in [-0.2, 0) is 4.74 Å². The molecule has 1 aromatic carbocycles. The van der Waals surface area contributed by atoms with E-state index in [2.05, 4.69) is 14.9 Å². The Morgan fingerprint density at radius 2 is 2.05 bits per heavy atom. The first-order valence-corrected chi connectivity index (χ1v) is 6.55. The molecule has 0 aliphatic carbocycles. The Morgan fingerprint density at radius 3 is 2.63 bits per heavy atom. The highest BCUT2D eigenvalue weighted by molar-refractivity contribution is 6.30. The molecular weight excluding hydrogens is 262 g/mol. The number of ether oxygens (including phenoxy) is 1. The third-order valence-electron chi connectivity index (χ3n) is 2.76. The number of hydrogen-bond donors (Lipinski definition) is 1. The van der Waals surface area contributed by atoms with E-state index in [0.717, 1.165) is 23.0 Å². The fourth-order valence-electron chi connectivity index (χ4n) is 1.74. The summed E-state index contributed by atoms with van der Waals surface area (Å²) in [6.45, 7) is 1.51. The van der Waals surface area contributed by atoms with Gasteiger partial charge in [-0.1, -0.05) is 23.7 Å². The van der Waals surface area contributed by atoms with Gasteiger partial charge in [0.25, 0.3) is 0 Å². The first kappa shape index (κ1) is 14.1. The summed E-state index contributed by atoms with van der Waals surface area (Å²) in [5.74, 6) is 0.807. The van der Waals surface area contributed by atoms with Crippen LogP contribution in [0, 0.1) is 0 Å². The Bertz CT molecular complexity index is 482. The smallest absolute Gasteiger partial charge is 0.140 e. The molecule has 1 unspecified atom stereocenters. The lowest BCUT2D eigenvalue weighted by atomic mass is 10.1. The van der Waals surface area contributed by atoms with E-state index < -0.39 is 0 Å². The number of nitrogens with one attached hydrogen (secondary N) is 1. The van der Waals surface area contributed by atoms with Crippen molar-refractivity contribution in [3.8, 4) is 0 Å². The van der Waals surface area contributed by atoms with Gasteiger partial charge in [-0.2, -0.15) is 0 Å². The van der Waals surface area contributed by atoms with Gasteiger partial charge in [-0.15, -0.1) is 0 Å². The van der Waals surface area contributed by atoms with Crippen LogP contribution in [0.25, 0.3) is 0 Å². The summed E-state index contributed by atoms with van der Waals surface area (Å²) in [5.41, 5.74) is 1.04. The zero-order valence-electron chi connectivity index (χ0n) is 11.1. The lowest BCUT2D eigenvalue weighted by Crippen LogP contribution is -2.20. The maximum absolute atomic E-state index is 5.94. The number of H-pyrrole nitrogens is 1. The van der Waals surface area contributed by atoms with E-state index in [9.17, 15) is 0 Å². The average Bonchev–Trinajstić information content (AvgIpc) is 2.89. The number of nitrogens with zero attached hydrogens (tertiary/aromatic N) is 2. The number of hydrogen-bond acceptors (Lipinski definition) is 3. The normalized spacial score (nSPS) is 12.8. The molecule has 0 aliphatic rings. The van der Waals surface area contributed by atoms with Crippen molar-refractivity contribution in [2.45, 2.75) is 6.10 Å². The monoisotopic (exact) mass is 279 g/mol. The number of likely N-dealkylation sites (N-methyl/N-ethyl adjacent to an activating group) is 1. The fourth-order valence-corrected chi connectivity index (χ4v) is 1.87. The minimum absolute atomic E-state index is 0.188. The number of aromatic amines is 1. The Labute approximate surface area is 118 Å².